The fraction of sp³-hybridized carbons (Fsp3) is 0.412. The Morgan fingerprint density at radius 2 is 1.95 bits per heavy atom. The quantitative estimate of drug-likeness (QED) is 0.602. The van der Waals surface area contributed by atoms with Crippen LogP contribution in [-0.2, 0) is 6.42 Å². The fourth-order valence-corrected chi connectivity index (χ4v) is 2.13. The molecular formula is C17H27NO. The summed E-state index contributed by atoms with van der Waals surface area (Å²) in [4.78, 5) is 0. The lowest BCUT2D eigenvalue weighted by Gasteiger charge is -2.12. The molecule has 19 heavy (non-hydrogen) atoms. The molecule has 0 fully saturated rings. The van der Waals surface area contributed by atoms with E-state index in [9.17, 15) is 0 Å². The third-order valence-electron chi connectivity index (χ3n) is 3.44. The summed E-state index contributed by atoms with van der Waals surface area (Å²) in [6, 6.07) is 4.59. The molecule has 3 N–H and O–H groups in total. The predicted molar refractivity (Wildman–Crippen MR) is 84.3 cm³/mol. The first kappa shape index (κ1) is 17.6. The smallest absolute Gasteiger partial charge is 0.0182 e. The number of hydrogen-bond acceptors (Lipinski definition) is 2. The van der Waals surface area contributed by atoms with Crippen molar-refractivity contribution in [1.82, 2.24) is 0 Å². The largest absolute Gasteiger partial charge is 0.320 e. The standard InChI is InChI=1S/C17H24.H3NO/c1-6-9-10-16-12-17(15(7-2)8-3)11-13(4)14(16)5;1-2/h7-8,11-12H,2,6,9-10H2,1,3-5H3;2H,1H2/b15-8+;. The summed E-state index contributed by atoms with van der Waals surface area (Å²) in [6.45, 7) is 12.6. The number of hydrogen-bond donors (Lipinski definition) is 2. The van der Waals surface area contributed by atoms with Crippen molar-refractivity contribution in [3.63, 3.8) is 0 Å². The lowest BCUT2D eigenvalue weighted by atomic mass is 9.93. The van der Waals surface area contributed by atoms with Crippen LogP contribution in [0.5, 0.6) is 0 Å². The molecule has 0 amide bonds. The van der Waals surface area contributed by atoms with E-state index in [0.717, 1.165) is 0 Å². The number of rotatable bonds is 5. The van der Waals surface area contributed by atoms with Crippen molar-refractivity contribution in [1.29, 1.82) is 0 Å². The van der Waals surface area contributed by atoms with Crippen LogP contribution < -0.4 is 5.90 Å². The highest BCUT2D eigenvalue weighted by molar-refractivity contribution is 5.74. The first-order valence-electron chi connectivity index (χ1n) is 6.79. The Bertz CT molecular complexity index is 433. The van der Waals surface area contributed by atoms with Gasteiger partial charge in [-0.3, -0.25) is 0 Å². The van der Waals surface area contributed by atoms with E-state index >= 15 is 0 Å². The van der Waals surface area contributed by atoms with Crippen LogP contribution in [0.1, 0.15) is 48.9 Å². The van der Waals surface area contributed by atoms with Gasteiger partial charge in [0.15, 0.2) is 0 Å². The number of aryl methyl sites for hydroxylation is 2. The minimum absolute atomic E-state index is 1.19. The van der Waals surface area contributed by atoms with Crippen molar-refractivity contribution in [2.75, 3.05) is 0 Å². The summed E-state index contributed by atoms with van der Waals surface area (Å²) in [7, 11) is 0. The van der Waals surface area contributed by atoms with Crippen LogP contribution in [0.2, 0.25) is 0 Å². The Labute approximate surface area is 117 Å². The van der Waals surface area contributed by atoms with E-state index in [1.807, 2.05) is 6.08 Å². The molecule has 2 nitrogen and oxygen atoms in total. The summed E-state index contributed by atoms with van der Waals surface area (Å²) < 4.78 is 0. The van der Waals surface area contributed by atoms with Gasteiger partial charge in [-0.1, -0.05) is 44.2 Å². The van der Waals surface area contributed by atoms with Crippen LogP contribution >= 0.6 is 0 Å². The maximum Gasteiger partial charge on any atom is -0.0182 e. The maximum absolute atomic E-state index is 6.50. The van der Waals surface area contributed by atoms with Crippen LogP contribution in [0.25, 0.3) is 5.57 Å². The number of unbranched alkanes of at least 4 members (excludes halogenated alkanes) is 1. The van der Waals surface area contributed by atoms with Gasteiger partial charge in [0, 0.05) is 0 Å². The van der Waals surface area contributed by atoms with Gasteiger partial charge in [-0.2, -0.15) is 0 Å². The number of benzene rings is 1. The van der Waals surface area contributed by atoms with Crippen molar-refractivity contribution in [3.05, 3.63) is 53.1 Å². The summed E-state index contributed by atoms with van der Waals surface area (Å²) in [5, 5.41) is 6.50. The molecule has 0 radical (unpaired) electrons. The van der Waals surface area contributed by atoms with Crippen molar-refractivity contribution >= 4 is 5.57 Å². The molecule has 0 aliphatic rings. The van der Waals surface area contributed by atoms with E-state index in [0.29, 0.717) is 0 Å². The molecule has 1 rings (SSSR count). The molecule has 0 bridgehead atoms. The van der Waals surface area contributed by atoms with Gasteiger partial charge in [-0.15, -0.1) is 0 Å². The van der Waals surface area contributed by atoms with Gasteiger partial charge in [0.2, 0.25) is 0 Å². The second kappa shape index (κ2) is 9.54. The predicted octanol–water partition coefficient (Wildman–Crippen LogP) is 4.57. The van der Waals surface area contributed by atoms with Gasteiger partial charge >= 0.3 is 0 Å². The summed E-state index contributed by atoms with van der Waals surface area (Å²) in [6.07, 6.45) is 7.77. The molecule has 0 atom stereocenters. The van der Waals surface area contributed by atoms with Crippen LogP contribution in [0.3, 0.4) is 0 Å². The molecule has 1 aromatic carbocycles. The second-order valence-electron chi connectivity index (χ2n) is 4.63. The van der Waals surface area contributed by atoms with E-state index in [4.69, 9.17) is 5.21 Å². The first-order chi connectivity index (χ1) is 9.13. The Morgan fingerprint density at radius 3 is 2.42 bits per heavy atom. The van der Waals surface area contributed by atoms with Gasteiger partial charge in [-0.25, -0.2) is 5.90 Å². The molecule has 0 aromatic heterocycles. The zero-order valence-electron chi connectivity index (χ0n) is 12.7. The molecule has 0 unspecified atom stereocenters. The normalized spacial score (nSPS) is 10.7. The van der Waals surface area contributed by atoms with Gasteiger partial charge < -0.3 is 5.21 Å². The zero-order chi connectivity index (χ0) is 14.8. The topological polar surface area (TPSA) is 46.2 Å². The summed E-state index contributed by atoms with van der Waals surface area (Å²) >= 11 is 0. The van der Waals surface area contributed by atoms with Crippen molar-refractivity contribution in [2.45, 2.75) is 47.0 Å². The molecule has 0 saturated heterocycles. The molecule has 1 aromatic rings. The van der Waals surface area contributed by atoms with Crippen LogP contribution in [-0.4, -0.2) is 5.21 Å². The minimum atomic E-state index is 1.19. The van der Waals surface area contributed by atoms with Crippen LogP contribution in [0, 0.1) is 13.8 Å². The van der Waals surface area contributed by atoms with Crippen LogP contribution in [0.4, 0.5) is 0 Å². The van der Waals surface area contributed by atoms with Crippen molar-refractivity contribution < 1.29 is 5.21 Å². The van der Waals surface area contributed by atoms with E-state index in [-0.39, 0.29) is 0 Å². The third-order valence-corrected chi connectivity index (χ3v) is 3.44. The lowest BCUT2D eigenvalue weighted by molar-refractivity contribution is 0.311. The Kier molecular flexibility index (Phi) is 8.84. The molecule has 0 saturated carbocycles. The SMILES string of the molecule is C=C/C(=C\C)c1cc(C)c(C)c(CCCC)c1.NO. The molecule has 0 aliphatic heterocycles. The van der Waals surface area contributed by atoms with Crippen molar-refractivity contribution in [2.24, 2.45) is 5.90 Å². The van der Waals surface area contributed by atoms with Crippen molar-refractivity contribution in [3.8, 4) is 0 Å². The molecule has 0 heterocycles. The third kappa shape index (κ3) is 5.01. The molecule has 0 spiro atoms. The minimum Gasteiger partial charge on any atom is -0.320 e. The molecule has 0 aliphatic carbocycles. The van der Waals surface area contributed by atoms with Gasteiger partial charge in [0.25, 0.3) is 0 Å². The number of nitrogens with two attached hydrogens (primary N) is 1. The zero-order valence-corrected chi connectivity index (χ0v) is 12.7. The maximum atomic E-state index is 6.50. The van der Waals surface area contributed by atoms with E-state index < -0.39 is 0 Å². The van der Waals surface area contributed by atoms with Gasteiger partial charge in [0.05, 0.1) is 0 Å². The molecular weight excluding hydrogens is 234 g/mol. The van der Waals surface area contributed by atoms with E-state index in [1.54, 1.807) is 0 Å². The Balaban J connectivity index is 0.00000154. The lowest BCUT2D eigenvalue weighted by Crippen LogP contribution is -1.95. The Hall–Kier alpha value is -1.38. The Morgan fingerprint density at radius 1 is 1.32 bits per heavy atom. The monoisotopic (exact) mass is 261 g/mol. The second-order valence-corrected chi connectivity index (χ2v) is 4.63. The fourth-order valence-electron chi connectivity index (χ4n) is 2.13. The average molecular weight is 261 g/mol. The highest BCUT2D eigenvalue weighted by atomic mass is 16.4. The van der Waals surface area contributed by atoms with Crippen LogP contribution in [0.15, 0.2) is 30.9 Å². The number of allylic oxidation sites excluding steroid dienone is 3. The summed E-state index contributed by atoms with van der Waals surface area (Å²) in [5.74, 6) is 3.50. The van der Waals surface area contributed by atoms with E-state index in [1.165, 1.54) is 47.1 Å². The van der Waals surface area contributed by atoms with Gasteiger partial charge in [0.1, 0.15) is 0 Å². The highest BCUT2D eigenvalue weighted by Crippen LogP contribution is 2.23. The van der Waals surface area contributed by atoms with E-state index in [2.05, 4.69) is 58.4 Å². The average Bonchev–Trinajstić information content (AvgIpc) is 2.44. The highest BCUT2D eigenvalue weighted by Gasteiger charge is 2.05. The molecule has 106 valence electrons. The molecule has 2 heteroatoms. The first-order valence-corrected chi connectivity index (χ1v) is 6.79. The van der Waals surface area contributed by atoms with Gasteiger partial charge in [-0.05, 0) is 61.4 Å². The summed E-state index contributed by atoms with van der Waals surface area (Å²) in [5.41, 5.74) is 6.85.